The molecule has 5 rings (SSSR count). The number of carbonyl (C=O) groups excluding carboxylic acids is 1. The van der Waals surface area contributed by atoms with Crippen molar-refractivity contribution in [3.63, 3.8) is 0 Å². The largest absolute Gasteiger partial charge is 0.292 e. The minimum atomic E-state index is -0.520. The van der Waals surface area contributed by atoms with Crippen molar-refractivity contribution >= 4 is 11.4 Å². The molecular weight excluding hydrogens is 407 g/mol. The van der Waals surface area contributed by atoms with E-state index >= 15 is 0 Å². The summed E-state index contributed by atoms with van der Waals surface area (Å²) in [6.07, 6.45) is 4.41. The van der Waals surface area contributed by atoms with Gasteiger partial charge in [-0.2, -0.15) is 5.10 Å². The first-order chi connectivity index (χ1) is 15.5. The van der Waals surface area contributed by atoms with E-state index < -0.39 is 5.82 Å². The Morgan fingerprint density at radius 2 is 1.94 bits per heavy atom. The molecule has 7 nitrogen and oxygen atoms in total. The number of halogens is 1. The molecule has 0 amide bonds. The lowest BCUT2D eigenvalue weighted by Gasteiger charge is -2.08. The van der Waals surface area contributed by atoms with Gasteiger partial charge in [-0.3, -0.25) is 14.5 Å². The molecule has 0 fully saturated rings. The van der Waals surface area contributed by atoms with E-state index in [4.69, 9.17) is 0 Å². The van der Waals surface area contributed by atoms with Gasteiger partial charge in [-0.1, -0.05) is 36.4 Å². The number of fused-ring (bicyclic) bond motifs is 1. The van der Waals surface area contributed by atoms with Crippen LogP contribution in [0.25, 0.3) is 28.3 Å². The van der Waals surface area contributed by atoms with Crippen LogP contribution in [0.1, 0.15) is 21.6 Å². The van der Waals surface area contributed by atoms with E-state index in [-0.39, 0.29) is 17.8 Å². The Morgan fingerprint density at radius 1 is 1.12 bits per heavy atom. The molecule has 0 aliphatic carbocycles. The van der Waals surface area contributed by atoms with Crippen LogP contribution in [0.15, 0.2) is 67.1 Å². The Hall–Kier alpha value is -4.20. The quantitative estimate of drug-likeness (QED) is 0.396. The second kappa shape index (κ2) is 7.81. The summed E-state index contributed by atoms with van der Waals surface area (Å²) in [6.45, 7) is 1.92. The summed E-state index contributed by atoms with van der Waals surface area (Å²) >= 11 is 0. The molecule has 0 spiro atoms. The van der Waals surface area contributed by atoms with Crippen molar-refractivity contribution in [1.82, 2.24) is 29.4 Å². The van der Waals surface area contributed by atoms with Crippen LogP contribution in [0, 0.1) is 12.7 Å². The van der Waals surface area contributed by atoms with E-state index in [2.05, 4.69) is 20.2 Å². The molecule has 0 saturated heterocycles. The second-order valence-electron chi connectivity index (χ2n) is 7.55. The number of pyridine rings is 2. The van der Waals surface area contributed by atoms with Crippen LogP contribution in [0.2, 0.25) is 0 Å². The number of Topliss-reactive ketones (excluding diaryl/α,β-unsaturated/α-hetero) is 1. The van der Waals surface area contributed by atoms with Crippen molar-refractivity contribution < 1.29 is 9.18 Å². The molecule has 0 radical (unpaired) electrons. The van der Waals surface area contributed by atoms with Gasteiger partial charge in [-0.25, -0.2) is 13.9 Å². The smallest absolute Gasteiger partial charge is 0.186 e. The number of hydrogen-bond donors (Lipinski definition) is 0. The summed E-state index contributed by atoms with van der Waals surface area (Å²) in [7, 11) is 1.69. The molecule has 8 heteroatoms. The number of carbonyl (C=O) groups is 1. The third-order valence-corrected chi connectivity index (χ3v) is 5.35. The molecular formula is C24H19FN6O. The highest BCUT2D eigenvalue weighted by molar-refractivity contribution is 6.01. The standard InChI is InChI=1S/C24H19FN6O/c1-15-7-6-10-26-22(15)18-13-27-30(2)23(18)20(32)11-17-12-21-28-24(16-8-4-3-5-9-16)29-31(21)14-19(17)25/h3-10,12-14H,11H2,1-2H3. The fraction of sp³-hybridized carbons (Fsp3) is 0.125. The molecule has 5 aromatic rings. The van der Waals surface area contributed by atoms with Gasteiger partial charge in [-0.05, 0) is 24.6 Å². The molecule has 0 saturated carbocycles. The normalized spacial score (nSPS) is 11.2. The van der Waals surface area contributed by atoms with E-state index in [1.807, 2.05) is 49.4 Å². The van der Waals surface area contributed by atoms with Crippen LogP contribution >= 0.6 is 0 Å². The number of ketones is 1. The lowest BCUT2D eigenvalue weighted by atomic mass is 10.0. The Morgan fingerprint density at radius 3 is 2.72 bits per heavy atom. The number of benzene rings is 1. The highest BCUT2D eigenvalue weighted by Crippen LogP contribution is 2.26. The number of hydrogen-bond acceptors (Lipinski definition) is 5. The summed E-state index contributed by atoms with van der Waals surface area (Å²) in [6, 6.07) is 14.8. The Labute approximate surface area is 183 Å². The van der Waals surface area contributed by atoms with E-state index in [0.717, 1.165) is 11.1 Å². The minimum Gasteiger partial charge on any atom is -0.292 e. The number of nitrogens with zero attached hydrogens (tertiary/aromatic N) is 6. The van der Waals surface area contributed by atoms with Crippen molar-refractivity contribution in [2.75, 3.05) is 0 Å². The molecule has 158 valence electrons. The van der Waals surface area contributed by atoms with Crippen LogP contribution < -0.4 is 0 Å². The highest BCUT2D eigenvalue weighted by Gasteiger charge is 2.22. The van der Waals surface area contributed by atoms with E-state index in [1.54, 1.807) is 25.5 Å². The lowest BCUT2D eigenvalue weighted by molar-refractivity contribution is 0.0983. The fourth-order valence-corrected chi connectivity index (χ4v) is 3.75. The zero-order chi connectivity index (χ0) is 22.2. The third kappa shape index (κ3) is 3.45. The van der Waals surface area contributed by atoms with Crippen LogP contribution in [0.4, 0.5) is 4.39 Å². The van der Waals surface area contributed by atoms with Gasteiger partial charge in [0.1, 0.15) is 11.5 Å². The van der Waals surface area contributed by atoms with Crippen molar-refractivity contribution in [3.8, 4) is 22.6 Å². The maximum Gasteiger partial charge on any atom is 0.186 e. The lowest BCUT2D eigenvalue weighted by Crippen LogP contribution is -2.12. The molecule has 0 atom stereocenters. The number of rotatable bonds is 5. The van der Waals surface area contributed by atoms with Crippen molar-refractivity contribution in [3.05, 3.63) is 89.8 Å². The first-order valence-electron chi connectivity index (χ1n) is 10.1. The van der Waals surface area contributed by atoms with Gasteiger partial charge in [0.2, 0.25) is 0 Å². The minimum absolute atomic E-state index is 0.131. The summed E-state index contributed by atoms with van der Waals surface area (Å²) < 4.78 is 17.7. The van der Waals surface area contributed by atoms with Crippen LogP contribution in [0.5, 0.6) is 0 Å². The van der Waals surface area contributed by atoms with E-state index in [0.29, 0.717) is 28.4 Å². The van der Waals surface area contributed by atoms with Gasteiger partial charge in [0, 0.05) is 36.4 Å². The highest BCUT2D eigenvalue weighted by atomic mass is 19.1. The van der Waals surface area contributed by atoms with Crippen LogP contribution in [-0.4, -0.2) is 35.1 Å². The maximum absolute atomic E-state index is 14.8. The predicted molar refractivity (Wildman–Crippen MR) is 118 cm³/mol. The average molecular weight is 426 g/mol. The molecule has 0 aliphatic rings. The molecule has 4 aromatic heterocycles. The monoisotopic (exact) mass is 426 g/mol. The summed E-state index contributed by atoms with van der Waals surface area (Å²) in [4.78, 5) is 22.1. The van der Waals surface area contributed by atoms with Crippen molar-refractivity contribution in [1.29, 1.82) is 0 Å². The molecule has 0 N–H and O–H groups in total. The van der Waals surface area contributed by atoms with Gasteiger partial charge >= 0.3 is 0 Å². The SMILES string of the molecule is Cc1cccnc1-c1cnn(C)c1C(=O)Cc1cc2nc(-c3ccccc3)nn2cc1F. The Kier molecular flexibility index (Phi) is 4.82. The summed E-state index contributed by atoms with van der Waals surface area (Å²) in [5.41, 5.74) is 4.19. The predicted octanol–water partition coefficient (Wildman–Crippen LogP) is 4.06. The van der Waals surface area contributed by atoms with Gasteiger partial charge in [0.25, 0.3) is 0 Å². The summed E-state index contributed by atoms with van der Waals surface area (Å²) in [5.74, 6) is -0.280. The van der Waals surface area contributed by atoms with Crippen LogP contribution in [0.3, 0.4) is 0 Å². The zero-order valence-corrected chi connectivity index (χ0v) is 17.5. The Balaban J connectivity index is 1.50. The molecule has 4 heterocycles. The van der Waals surface area contributed by atoms with Crippen molar-refractivity contribution in [2.24, 2.45) is 7.05 Å². The molecule has 0 aliphatic heterocycles. The van der Waals surface area contributed by atoms with Gasteiger partial charge in [0.15, 0.2) is 17.3 Å². The Bertz CT molecular complexity index is 1450. The second-order valence-corrected chi connectivity index (χ2v) is 7.55. The molecule has 32 heavy (non-hydrogen) atoms. The number of aromatic nitrogens is 6. The number of aryl methyl sites for hydroxylation is 2. The fourth-order valence-electron chi connectivity index (χ4n) is 3.75. The first kappa shape index (κ1) is 19.7. The van der Waals surface area contributed by atoms with E-state index in [9.17, 15) is 9.18 Å². The average Bonchev–Trinajstić information content (AvgIpc) is 3.38. The maximum atomic E-state index is 14.8. The van der Waals surface area contributed by atoms with Gasteiger partial charge in [-0.15, -0.1) is 5.10 Å². The third-order valence-electron chi connectivity index (χ3n) is 5.35. The zero-order valence-electron chi connectivity index (χ0n) is 17.5. The molecule has 0 unspecified atom stereocenters. The molecule has 1 aromatic carbocycles. The van der Waals surface area contributed by atoms with Crippen molar-refractivity contribution in [2.45, 2.75) is 13.3 Å². The van der Waals surface area contributed by atoms with E-state index in [1.165, 1.54) is 15.4 Å². The molecule has 0 bridgehead atoms. The van der Waals surface area contributed by atoms with Gasteiger partial charge in [0.05, 0.1) is 18.1 Å². The van der Waals surface area contributed by atoms with Crippen LogP contribution in [-0.2, 0) is 13.5 Å². The van der Waals surface area contributed by atoms with Gasteiger partial charge < -0.3 is 0 Å². The first-order valence-corrected chi connectivity index (χ1v) is 10.1. The topological polar surface area (TPSA) is 78.0 Å². The summed E-state index contributed by atoms with van der Waals surface area (Å²) in [5, 5.41) is 8.59.